The lowest BCUT2D eigenvalue weighted by Crippen LogP contribution is -2.40. The fourth-order valence-corrected chi connectivity index (χ4v) is 5.32. The molecule has 2 N–H and O–H groups in total. The first-order chi connectivity index (χ1) is 14.8. The van der Waals surface area contributed by atoms with E-state index in [1.165, 1.54) is 25.7 Å². The molecule has 0 aromatic carbocycles. The van der Waals surface area contributed by atoms with E-state index in [-0.39, 0.29) is 5.54 Å². The first kappa shape index (κ1) is 20.3. The number of hydrogen-bond donors (Lipinski definition) is 1. The predicted octanol–water partition coefficient (Wildman–Crippen LogP) is 3.81. The smallest absolute Gasteiger partial charge is 0.252 e. The minimum Gasteiger partial charge on any atom is -0.476 e. The van der Waals surface area contributed by atoms with Crippen LogP contribution in [0.5, 0.6) is 5.88 Å². The van der Waals surface area contributed by atoms with Gasteiger partial charge < -0.3 is 15.4 Å². The highest BCUT2D eigenvalue weighted by atomic mass is 16.5. The first-order valence-corrected chi connectivity index (χ1v) is 11.6. The molecule has 2 aromatic rings. The normalized spacial score (nSPS) is 22.8. The fraction of sp³-hybridized carbons (Fsp3) is 0.625. The number of carbonyl (C=O) groups excluding carboxylic acids is 1. The van der Waals surface area contributed by atoms with Crippen LogP contribution in [0.3, 0.4) is 0 Å². The van der Waals surface area contributed by atoms with Gasteiger partial charge in [0.25, 0.3) is 5.91 Å². The molecule has 0 spiro atoms. The maximum atomic E-state index is 12.1. The van der Waals surface area contributed by atoms with Crippen LogP contribution >= 0.6 is 0 Å². The number of amides is 1. The van der Waals surface area contributed by atoms with Crippen molar-refractivity contribution in [1.82, 2.24) is 14.8 Å². The molecule has 3 fully saturated rings. The van der Waals surface area contributed by atoms with E-state index in [9.17, 15) is 4.79 Å². The minimum absolute atomic E-state index is 0.0890. The third kappa shape index (κ3) is 4.14. The van der Waals surface area contributed by atoms with Gasteiger partial charge in [-0.15, -0.1) is 5.10 Å². The Morgan fingerprint density at radius 3 is 2.52 bits per heavy atom. The van der Waals surface area contributed by atoms with Gasteiger partial charge in [0.15, 0.2) is 5.82 Å². The van der Waals surface area contributed by atoms with Crippen LogP contribution in [0.4, 0.5) is 5.82 Å². The van der Waals surface area contributed by atoms with Gasteiger partial charge >= 0.3 is 0 Å². The maximum absolute atomic E-state index is 12.1. The van der Waals surface area contributed by atoms with E-state index in [4.69, 9.17) is 15.5 Å². The molecule has 3 heterocycles. The Bertz CT molecular complexity index is 964. The van der Waals surface area contributed by atoms with Crippen molar-refractivity contribution in [3.05, 3.63) is 30.0 Å². The lowest BCUT2D eigenvalue weighted by molar-refractivity contribution is 0.100. The maximum Gasteiger partial charge on any atom is 0.252 e. The van der Waals surface area contributed by atoms with Crippen molar-refractivity contribution in [2.45, 2.75) is 58.4 Å². The number of anilines is 1. The Balaban J connectivity index is 1.37. The van der Waals surface area contributed by atoms with Gasteiger partial charge in [0.05, 0.1) is 12.2 Å². The van der Waals surface area contributed by atoms with E-state index in [2.05, 4.69) is 30.8 Å². The van der Waals surface area contributed by atoms with Crippen molar-refractivity contribution >= 4 is 11.7 Å². The molecule has 1 amide bonds. The van der Waals surface area contributed by atoms with E-state index in [1.807, 2.05) is 12.3 Å². The second kappa shape index (κ2) is 7.53. The molecule has 166 valence electrons. The zero-order valence-corrected chi connectivity index (χ0v) is 18.8. The van der Waals surface area contributed by atoms with Crippen molar-refractivity contribution in [2.75, 3.05) is 18.1 Å². The predicted molar refractivity (Wildman–Crippen MR) is 120 cm³/mol. The molecule has 7 heteroatoms. The second-order valence-electron chi connectivity index (χ2n) is 10.4. The van der Waals surface area contributed by atoms with E-state index in [0.29, 0.717) is 34.9 Å². The molecule has 1 atom stereocenters. The summed E-state index contributed by atoms with van der Waals surface area (Å²) >= 11 is 0. The second-order valence-corrected chi connectivity index (χ2v) is 10.4. The van der Waals surface area contributed by atoms with Gasteiger partial charge in [-0.3, -0.25) is 4.79 Å². The van der Waals surface area contributed by atoms with Gasteiger partial charge in [0.1, 0.15) is 5.82 Å². The molecule has 1 aliphatic heterocycles. The largest absolute Gasteiger partial charge is 0.476 e. The van der Waals surface area contributed by atoms with Crippen molar-refractivity contribution in [2.24, 2.45) is 29.4 Å². The molecule has 0 radical (unpaired) electrons. The summed E-state index contributed by atoms with van der Waals surface area (Å²) in [5.74, 6) is 4.38. The number of nitrogens with zero attached hydrogens (tertiary/aromatic N) is 4. The van der Waals surface area contributed by atoms with Crippen LogP contribution in [0.25, 0.3) is 5.82 Å². The molecule has 1 saturated heterocycles. The molecule has 7 nitrogen and oxygen atoms in total. The Hall–Kier alpha value is -2.57. The molecule has 31 heavy (non-hydrogen) atoms. The summed E-state index contributed by atoms with van der Waals surface area (Å²) in [7, 11) is 0. The molecule has 0 bridgehead atoms. The lowest BCUT2D eigenvalue weighted by Gasteiger charge is -2.33. The average molecular weight is 424 g/mol. The van der Waals surface area contributed by atoms with Crippen LogP contribution < -0.4 is 15.4 Å². The van der Waals surface area contributed by atoms with E-state index < -0.39 is 5.91 Å². The summed E-state index contributed by atoms with van der Waals surface area (Å²) in [5.41, 5.74) is 6.04. The molecule has 2 aromatic heterocycles. The van der Waals surface area contributed by atoms with Crippen LogP contribution in [-0.4, -0.2) is 39.4 Å². The zero-order valence-electron chi connectivity index (χ0n) is 18.8. The molecular weight excluding hydrogens is 390 g/mol. The SMILES string of the molecule is C[C@@H]1CN(c2nc(-n3ccc(OCC(C4CC4)C4CC4)n3)ccc2C(N)=O)C(C)(C)C1. The third-order valence-corrected chi connectivity index (χ3v) is 7.13. The number of primary amides is 1. The zero-order chi connectivity index (χ0) is 21.8. The number of pyridine rings is 1. The minimum atomic E-state index is -0.458. The number of nitrogens with two attached hydrogens (primary N) is 1. The molecule has 2 aliphatic carbocycles. The summed E-state index contributed by atoms with van der Waals surface area (Å²) in [5, 5.41) is 4.60. The highest BCUT2D eigenvalue weighted by molar-refractivity contribution is 5.98. The summed E-state index contributed by atoms with van der Waals surface area (Å²) in [6, 6.07) is 5.45. The monoisotopic (exact) mass is 423 g/mol. The Kier molecular flexibility index (Phi) is 4.94. The van der Waals surface area contributed by atoms with Crippen LogP contribution in [0.2, 0.25) is 0 Å². The van der Waals surface area contributed by atoms with Crippen molar-refractivity contribution in [1.29, 1.82) is 0 Å². The quantitative estimate of drug-likeness (QED) is 0.698. The van der Waals surface area contributed by atoms with Gasteiger partial charge in [-0.2, -0.15) is 0 Å². The van der Waals surface area contributed by atoms with Gasteiger partial charge in [-0.1, -0.05) is 6.92 Å². The van der Waals surface area contributed by atoms with Gasteiger partial charge in [-0.05, 0) is 81.8 Å². The summed E-state index contributed by atoms with van der Waals surface area (Å²) in [6.07, 6.45) is 8.31. The van der Waals surface area contributed by atoms with Gasteiger partial charge in [-0.25, -0.2) is 9.67 Å². The molecule has 2 saturated carbocycles. The number of carbonyl (C=O) groups is 1. The lowest BCUT2D eigenvalue weighted by atomic mass is 9.97. The number of hydrogen-bond acceptors (Lipinski definition) is 5. The van der Waals surface area contributed by atoms with Crippen molar-refractivity contribution < 1.29 is 9.53 Å². The van der Waals surface area contributed by atoms with E-state index in [1.54, 1.807) is 16.8 Å². The molecule has 5 rings (SSSR count). The van der Waals surface area contributed by atoms with Gasteiger partial charge in [0.2, 0.25) is 5.88 Å². The topological polar surface area (TPSA) is 86.3 Å². The third-order valence-electron chi connectivity index (χ3n) is 7.13. The summed E-state index contributed by atoms with van der Waals surface area (Å²) in [4.78, 5) is 19.1. The van der Waals surface area contributed by atoms with Crippen LogP contribution in [-0.2, 0) is 0 Å². The fourth-order valence-electron chi connectivity index (χ4n) is 5.32. The highest BCUT2D eigenvalue weighted by Gasteiger charge is 2.42. The van der Waals surface area contributed by atoms with Crippen LogP contribution in [0.1, 0.15) is 63.2 Å². The highest BCUT2D eigenvalue weighted by Crippen LogP contribution is 2.49. The summed E-state index contributed by atoms with van der Waals surface area (Å²) in [6.45, 7) is 8.20. The van der Waals surface area contributed by atoms with E-state index >= 15 is 0 Å². The van der Waals surface area contributed by atoms with Crippen molar-refractivity contribution in [3.63, 3.8) is 0 Å². The van der Waals surface area contributed by atoms with Crippen molar-refractivity contribution in [3.8, 4) is 11.7 Å². The molecule has 0 unspecified atom stereocenters. The average Bonchev–Trinajstić information content (AvgIpc) is 3.64. The Labute approximate surface area is 184 Å². The Morgan fingerprint density at radius 2 is 1.94 bits per heavy atom. The first-order valence-electron chi connectivity index (χ1n) is 11.6. The van der Waals surface area contributed by atoms with Gasteiger partial charge in [0, 0.05) is 24.3 Å². The number of ether oxygens (including phenoxy) is 1. The van der Waals surface area contributed by atoms with Crippen LogP contribution in [0, 0.1) is 23.7 Å². The number of aromatic nitrogens is 3. The Morgan fingerprint density at radius 1 is 1.23 bits per heavy atom. The summed E-state index contributed by atoms with van der Waals surface area (Å²) < 4.78 is 7.79. The van der Waals surface area contributed by atoms with Crippen LogP contribution in [0.15, 0.2) is 24.4 Å². The molecule has 3 aliphatic rings. The standard InChI is InChI=1S/C24H33N5O2/c1-15-12-24(2,3)28(13-15)23-18(22(25)30)8-9-20(26-23)29-11-10-21(27-29)31-14-19(16-4-5-16)17-6-7-17/h8-11,15-17,19H,4-7,12-14H2,1-3H3,(H2,25,30)/t15-/m0/s1. The van der Waals surface area contributed by atoms with E-state index in [0.717, 1.165) is 31.4 Å². The molecular formula is C24H33N5O2. The number of rotatable bonds is 8.